The number of fused-ring (bicyclic) bond motifs is 2. The number of thiophene rings is 1. The number of halogens is 1. The zero-order valence-corrected chi connectivity index (χ0v) is 15.8. The molecule has 0 aliphatic rings. The predicted octanol–water partition coefficient (Wildman–Crippen LogP) is 5.36. The van der Waals surface area contributed by atoms with E-state index in [4.69, 9.17) is 4.74 Å². The van der Waals surface area contributed by atoms with Gasteiger partial charge in [0.2, 0.25) is 0 Å². The van der Waals surface area contributed by atoms with E-state index in [1.807, 2.05) is 25.1 Å². The Morgan fingerprint density at radius 2 is 1.96 bits per heavy atom. The minimum absolute atomic E-state index is 0.169. The maximum atomic E-state index is 14.3. The van der Waals surface area contributed by atoms with Crippen LogP contribution in [0.2, 0.25) is 0 Å². The van der Waals surface area contributed by atoms with Gasteiger partial charge in [0.05, 0.1) is 21.7 Å². The molecule has 0 saturated carbocycles. The van der Waals surface area contributed by atoms with Gasteiger partial charge in [0, 0.05) is 22.8 Å². The van der Waals surface area contributed by atoms with E-state index in [9.17, 15) is 9.18 Å². The van der Waals surface area contributed by atoms with Gasteiger partial charge < -0.3 is 4.74 Å². The molecule has 4 rings (SSSR count). The molecule has 4 aromatic rings. The zero-order chi connectivity index (χ0) is 18.3. The second-order valence-corrected chi connectivity index (χ2v) is 7.93. The largest absolute Gasteiger partial charge is 0.380 e. The first-order valence-corrected chi connectivity index (χ1v) is 9.58. The summed E-state index contributed by atoms with van der Waals surface area (Å²) >= 11 is 2.68. The van der Waals surface area contributed by atoms with Crippen molar-refractivity contribution in [1.82, 2.24) is 4.98 Å². The first kappa shape index (κ1) is 17.1. The number of para-hydroxylation sites is 1. The molecular formula is C19H15FN2O2S2. The number of aryl methyl sites for hydroxylation is 1. The number of nitrogens with zero attached hydrogens (tertiary/aromatic N) is 1. The van der Waals surface area contributed by atoms with E-state index in [0.717, 1.165) is 20.5 Å². The van der Waals surface area contributed by atoms with E-state index < -0.39 is 0 Å². The van der Waals surface area contributed by atoms with Crippen molar-refractivity contribution in [3.05, 3.63) is 58.2 Å². The Morgan fingerprint density at radius 1 is 1.19 bits per heavy atom. The average molecular weight is 386 g/mol. The molecule has 2 heterocycles. The highest BCUT2D eigenvalue weighted by Gasteiger charge is 2.21. The molecule has 0 aliphatic carbocycles. The van der Waals surface area contributed by atoms with Crippen molar-refractivity contribution >= 4 is 54.0 Å². The molecule has 2 aromatic carbocycles. The molecule has 26 heavy (non-hydrogen) atoms. The molecule has 2 aromatic heterocycles. The number of carbonyl (C=O) groups is 1. The molecule has 0 radical (unpaired) electrons. The summed E-state index contributed by atoms with van der Waals surface area (Å²) in [4.78, 5) is 17.8. The van der Waals surface area contributed by atoms with Crippen LogP contribution in [0.15, 0.2) is 36.4 Å². The minimum atomic E-state index is -0.347. The first-order valence-electron chi connectivity index (χ1n) is 7.95. The van der Waals surface area contributed by atoms with Crippen LogP contribution in [0.25, 0.3) is 20.3 Å². The van der Waals surface area contributed by atoms with E-state index >= 15 is 0 Å². The van der Waals surface area contributed by atoms with Crippen molar-refractivity contribution in [2.75, 3.05) is 12.4 Å². The highest BCUT2D eigenvalue weighted by atomic mass is 32.1. The number of hydrogen-bond donors (Lipinski definition) is 1. The normalized spacial score (nSPS) is 11.3. The number of anilines is 1. The summed E-state index contributed by atoms with van der Waals surface area (Å²) in [7, 11) is 1.53. The third-order valence-electron chi connectivity index (χ3n) is 4.10. The van der Waals surface area contributed by atoms with Gasteiger partial charge >= 0.3 is 0 Å². The Bertz CT molecular complexity index is 1130. The van der Waals surface area contributed by atoms with E-state index in [-0.39, 0.29) is 18.3 Å². The van der Waals surface area contributed by atoms with Crippen molar-refractivity contribution in [2.45, 2.75) is 13.5 Å². The van der Waals surface area contributed by atoms with Crippen LogP contribution in [-0.2, 0) is 11.3 Å². The van der Waals surface area contributed by atoms with Crippen LogP contribution in [0.3, 0.4) is 0 Å². The number of amides is 1. The van der Waals surface area contributed by atoms with Gasteiger partial charge in [-0.05, 0) is 30.7 Å². The van der Waals surface area contributed by atoms with Crippen LogP contribution in [0, 0.1) is 12.7 Å². The standard InChI is InChI=1S/C19H15FN2O2S2/c1-10-5-3-8-14-16(10)21-19(26-14)22-18(23)17-11(9-24-2)15-12(20)6-4-7-13(15)25-17/h3-8H,9H2,1-2H3,(H,21,22,23). The van der Waals surface area contributed by atoms with Crippen molar-refractivity contribution in [1.29, 1.82) is 0 Å². The van der Waals surface area contributed by atoms with Gasteiger partial charge in [-0.1, -0.05) is 29.5 Å². The van der Waals surface area contributed by atoms with Gasteiger partial charge in [0.1, 0.15) is 5.82 Å². The second-order valence-electron chi connectivity index (χ2n) is 5.85. The summed E-state index contributed by atoms with van der Waals surface area (Å²) in [6.45, 7) is 2.15. The summed E-state index contributed by atoms with van der Waals surface area (Å²) in [6, 6.07) is 10.8. The van der Waals surface area contributed by atoms with Gasteiger partial charge in [-0.2, -0.15) is 0 Å². The number of carbonyl (C=O) groups excluding carboxylic acids is 1. The van der Waals surface area contributed by atoms with E-state index in [0.29, 0.717) is 21.0 Å². The van der Waals surface area contributed by atoms with Crippen molar-refractivity contribution in [3.63, 3.8) is 0 Å². The van der Waals surface area contributed by atoms with Gasteiger partial charge in [-0.3, -0.25) is 10.1 Å². The summed E-state index contributed by atoms with van der Waals surface area (Å²) in [5.41, 5.74) is 2.51. The molecule has 132 valence electrons. The quantitative estimate of drug-likeness (QED) is 0.514. The molecule has 0 atom stereocenters. The minimum Gasteiger partial charge on any atom is -0.380 e. The predicted molar refractivity (Wildman–Crippen MR) is 105 cm³/mol. The van der Waals surface area contributed by atoms with Gasteiger partial charge in [0.25, 0.3) is 5.91 Å². The first-order chi connectivity index (χ1) is 12.6. The van der Waals surface area contributed by atoms with Crippen LogP contribution in [-0.4, -0.2) is 18.0 Å². The highest BCUT2D eigenvalue weighted by molar-refractivity contribution is 7.23. The Kier molecular flexibility index (Phi) is 4.44. The highest BCUT2D eigenvalue weighted by Crippen LogP contribution is 2.35. The SMILES string of the molecule is COCc1c(C(=O)Nc2nc3c(C)cccc3s2)sc2cccc(F)c12. The molecule has 1 amide bonds. The fourth-order valence-electron chi connectivity index (χ4n) is 2.93. The second kappa shape index (κ2) is 6.75. The third kappa shape index (κ3) is 2.88. The Morgan fingerprint density at radius 3 is 2.73 bits per heavy atom. The maximum Gasteiger partial charge on any atom is 0.267 e. The van der Waals surface area contributed by atoms with E-state index in [2.05, 4.69) is 10.3 Å². The van der Waals surface area contributed by atoms with Gasteiger partial charge in [0.15, 0.2) is 5.13 Å². The molecule has 4 nitrogen and oxygen atoms in total. The van der Waals surface area contributed by atoms with Crippen LogP contribution in [0.5, 0.6) is 0 Å². The summed E-state index contributed by atoms with van der Waals surface area (Å²) in [6.07, 6.45) is 0. The molecule has 0 saturated heterocycles. The summed E-state index contributed by atoms with van der Waals surface area (Å²) in [5, 5.41) is 3.83. The topological polar surface area (TPSA) is 51.2 Å². The molecular weight excluding hydrogens is 371 g/mol. The lowest BCUT2D eigenvalue weighted by molar-refractivity contribution is 0.102. The Labute approximate surface area is 157 Å². The number of rotatable bonds is 4. The van der Waals surface area contributed by atoms with Crippen molar-refractivity contribution in [3.8, 4) is 0 Å². The summed E-state index contributed by atoms with van der Waals surface area (Å²) in [5.74, 6) is -0.644. The van der Waals surface area contributed by atoms with Gasteiger partial charge in [-0.25, -0.2) is 9.37 Å². The number of aromatic nitrogens is 1. The Hall–Kier alpha value is -2.35. The van der Waals surface area contributed by atoms with Crippen molar-refractivity contribution in [2.24, 2.45) is 0 Å². The number of methoxy groups -OCH3 is 1. The number of ether oxygens (including phenoxy) is 1. The average Bonchev–Trinajstić information content (AvgIpc) is 3.18. The number of thiazole rings is 1. The molecule has 0 bridgehead atoms. The molecule has 1 N–H and O–H groups in total. The smallest absolute Gasteiger partial charge is 0.267 e. The lowest BCUT2D eigenvalue weighted by atomic mass is 10.1. The number of hydrogen-bond acceptors (Lipinski definition) is 5. The molecule has 0 aliphatic heterocycles. The Balaban J connectivity index is 1.74. The van der Waals surface area contributed by atoms with E-state index in [1.54, 1.807) is 12.1 Å². The van der Waals surface area contributed by atoms with Crippen LogP contribution < -0.4 is 5.32 Å². The molecule has 7 heteroatoms. The van der Waals surface area contributed by atoms with Gasteiger partial charge in [-0.15, -0.1) is 11.3 Å². The number of benzene rings is 2. The zero-order valence-electron chi connectivity index (χ0n) is 14.1. The maximum absolute atomic E-state index is 14.3. The lowest BCUT2D eigenvalue weighted by Gasteiger charge is -2.04. The molecule has 0 unspecified atom stereocenters. The lowest BCUT2D eigenvalue weighted by Crippen LogP contribution is -2.12. The molecule has 0 fully saturated rings. The third-order valence-corrected chi connectivity index (χ3v) is 6.23. The monoisotopic (exact) mass is 386 g/mol. The molecule has 0 spiro atoms. The summed E-state index contributed by atoms with van der Waals surface area (Å²) < 4.78 is 21.2. The van der Waals surface area contributed by atoms with Crippen molar-refractivity contribution < 1.29 is 13.9 Å². The number of nitrogens with one attached hydrogen (secondary N) is 1. The van der Waals surface area contributed by atoms with E-state index in [1.165, 1.54) is 35.8 Å². The van der Waals surface area contributed by atoms with Crippen LogP contribution in [0.1, 0.15) is 20.8 Å². The fourth-order valence-corrected chi connectivity index (χ4v) is 4.98. The fraction of sp³-hybridized carbons (Fsp3) is 0.158. The van der Waals surface area contributed by atoms with Crippen LogP contribution in [0.4, 0.5) is 9.52 Å². The van der Waals surface area contributed by atoms with Crippen LogP contribution >= 0.6 is 22.7 Å².